The normalized spacial score (nSPS) is 10.3. The highest BCUT2D eigenvalue weighted by atomic mass is 16.5. The molecule has 0 saturated carbocycles. The Hall–Kier alpha value is -1.90. The molecule has 0 aliphatic heterocycles. The summed E-state index contributed by atoms with van der Waals surface area (Å²) in [6, 6.07) is 11.5. The van der Waals surface area contributed by atoms with Crippen LogP contribution in [0.15, 0.2) is 42.6 Å². The van der Waals surface area contributed by atoms with Crippen LogP contribution in [-0.4, -0.2) is 9.97 Å². The van der Waals surface area contributed by atoms with Gasteiger partial charge in [0, 0.05) is 18.7 Å². The first-order valence-corrected chi connectivity index (χ1v) is 6.43. The van der Waals surface area contributed by atoms with E-state index in [1.54, 1.807) is 12.3 Å². The molecule has 3 nitrogen and oxygen atoms in total. The zero-order valence-corrected chi connectivity index (χ0v) is 10.7. The topological polar surface area (TPSA) is 35.0 Å². The average Bonchev–Trinajstić information content (AvgIpc) is 2.41. The molecular weight excluding hydrogens is 224 g/mol. The monoisotopic (exact) mass is 242 g/mol. The van der Waals surface area contributed by atoms with Gasteiger partial charge in [0.15, 0.2) is 0 Å². The largest absolute Gasteiger partial charge is 0.439 e. The van der Waals surface area contributed by atoms with Gasteiger partial charge in [-0.1, -0.05) is 38.0 Å². The molecule has 0 bridgehead atoms. The fraction of sp³-hybridized carbons (Fsp3) is 0.333. The van der Waals surface area contributed by atoms with Crippen LogP contribution in [0.1, 0.15) is 32.0 Å². The highest BCUT2D eigenvalue weighted by Gasteiger charge is 2.01. The summed E-state index contributed by atoms with van der Waals surface area (Å²) in [7, 11) is 0. The maximum Gasteiger partial charge on any atom is 0.222 e. The Morgan fingerprint density at radius 2 is 1.89 bits per heavy atom. The lowest BCUT2D eigenvalue weighted by Gasteiger charge is -2.05. The number of ether oxygens (including phenoxy) is 1. The summed E-state index contributed by atoms with van der Waals surface area (Å²) in [6.07, 6.45) is 6.23. The fourth-order valence-electron chi connectivity index (χ4n) is 1.70. The minimum Gasteiger partial charge on any atom is -0.439 e. The Balaban J connectivity index is 1.99. The first kappa shape index (κ1) is 12.6. The Kier molecular flexibility index (Phi) is 4.70. The number of aromatic nitrogens is 2. The minimum absolute atomic E-state index is 0.614. The van der Waals surface area contributed by atoms with E-state index in [9.17, 15) is 0 Å². The van der Waals surface area contributed by atoms with E-state index in [-0.39, 0.29) is 0 Å². The molecule has 0 aliphatic rings. The van der Waals surface area contributed by atoms with Gasteiger partial charge in [-0.25, -0.2) is 4.98 Å². The van der Waals surface area contributed by atoms with Gasteiger partial charge in [-0.15, -0.1) is 0 Å². The van der Waals surface area contributed by atoms with E-state index in [0.717, 1.165) is 24.4 Å². The van der Waals surface area contributed by atoms with E-state index in [4.69, 9.17) is 4.74 Å². The molecule has 0 spiro atoms. The first-order valence-electron chi connectivity index (χ1n) is 6.43. The molecule has 0 unspecified atom stereocenters. The van der Waals surface area contributed by atoms with Crippen molar-refractivity contribution in [2.75, 3.05) is 0 Å². The Bertz CT molecular complexity index is 471. The second kappa shape index (κ2) is 6.74. The summed E-state index contributed by atoms with van der Waals surface area (Å²) in [5, 5.41) is 0. The minimum atomic E-state index is 0.614. The molecule has 0 fully saturated rings. The van der Waals surface area contributed by atoms with Crippen LogP contribution >= 0.6 is 0 Å². The van der Waals surface area contributed by atoms with E-state index < -0.39 is 0 Å². The Labute approximate surface area is 108 Å². The lowest BCUT2D eigenvalue weighted by atomic mass is 10.2. The SMILES string of the molecule is CCCCCc1nccc(Oc2ccccc2)n1. The van der Waals surface area contributed by atoms with Crippen molar-refractivity contribution in [1.82, 2.24) is 9.97 Å². The van der Waals surface area contributed by atoms with Gasteiger partial charge in [-0.3, -0.25) is 0 Å². The average molecular weight is 242 g/mol. The number of para-hydroxylation sites is 1. The molecule has 3 heteroatoms. The molecule has 94 valence electrons. The van der Waals surface area contributed by atoms with Gasteiger partial charge in [0.2, 0.25) is 5.88 Å². The smallest absolute Gasteiger partial charge is 0.222 e. The Morgan fingerprint density at radius 3 is 2.67 bits per heavy atom. The van der Waals surface area contributed by atoms with E-state index in [0.29, 0.717) is 5.88 Å². The number of aryl methyl sites for hydroxylation is 1. The zero-order chi connectivity index (χ0) is 12.6. The maximum atomic E-state index is 5.67. The summed E-state index contributed by atoms with van der Waals surface area (Å²) in [5.74, 6) is 2.27. The molecule has 1 aromatic heterocycles. The van der Waals surface area contributed by atoms with Gasteiger partial charge in [-0.05, 0) is 18.6 Å². The summed E-state index contributed by atoms with van der Waals surface area (Å²) < 4.78 is 5.67. The van der Waals surface area contributed by atoms with Crippen molar-refractivity contribution in [2.24, 2.45) is 0 Å². The lowest BCUT2D eigenvalue weighted by molar-refractivity contribution is 0.457. The van der Waals surface area contributed by atoms with Crippen LogP contribution in [0.25, 0.3) is 0 Å². The number of nitrogens with zero attached hydrogens (tertiary/aromatic N) is 2. The number of rotatable bonds is 6. The van der Waals surface area contributed by atoms with Crippen molar-refractivity contribution < 1.29 is 4.74 Å². The summed E-state index contributed by atoms with van der Waals surface area (Å²) in [6.45, 7) is 2.19. The molecule has 0 saturated heterocycles. The van der Waals surface area contributed by atoms with Crippen molar-refractivity contribution in [3.63, 3.8) is 0 Å². The molecular formula is C15H18N2O. The van der Waals surface area contributed by atoms with Gasteiger partial charge in [0.25, 0.3) is 0 Å². The van der Waals surface area contributed by atoms with Crippen molar-refractivity contribution in [2.45, 2.75) is 32.6 Å². The number of benzene rings is 1. The van der Waals surface area contributed by atoms with Crippen LogP contribution in [0.3, 0.4) is 0 Å². The van der Waals surface area contributed by atoms with Crippen LogP contribution in [0, 0.1) is 0 Å². The predicted octanol–water partition coefficient (Wildman–Crippen LogP) is 4.00. The van der Waals surface area contributed by atoms with Crippen molar-refractivity contribution in [3.05, 3.63) is 48.4 Å². The number of unbranched alkanes of at least 4 members (excludes halogenated alkanes) is 2. The molecule has 2 aromatic rings. The highest BCUT2D eigenvalue weighted by molar-refractivity contribution is 5.26. The maximum absolute atomic E-state index is 5.67. The van der Waals surface area contributed by atoms with Crippen LogP contribution in [0.2, 0.25) is 0 Å². The van der Waals surface area contributed by atoms with E-state index >= 15 is 0 Å². The van der Waals surface area contributed by atoms with Crippen LogP contribution in [0.5, 0.6) is 11.6 Å². The van der Waals surface area contributed by atoms with Gasteiger partial charge in [-0.2, -0.15) is 4.98 Å². The Morgan fingerprint density at radius 1 is 1.06 bits per heavy atom. The standard InChI is InChI=1S/C15H18N2O/c1-2-3-5-10-14-16-12-11-15(17-14)18-13-8-6-4-7-9-13/h4,6-9,11-12H,2-3,5,10H2,1H3. The summed E-state index contributed by atoms with van der Waals surface area (Å²) in [4.78, 5) is 8.67. The van der Waals surface area contributed by atoms with Crippen LogP contribution in [-0.2, 0) is 6.42 Å². The van der Waals surface area contributed by atoms with Crippen molar-refractivity contribution in [1.29, 1.82) is 0 Å². The van der Waals surface area contributed by atoms with Crippen molar-refractivity contribution >= 4 is 0 Å². The van der Waals surface area contributed by atoms with Gasteiger partial charge in [0.1, 0.15) is 11.6 Å². The third-order valence-corrected chi connectivity index (χ3v) is 2.65. The van der Waals surface area contributed by atoms with E-state index in [1.807, 2.05) is 30.3 Å². The molecule has 0 amide bonds. The number of hydrogen-bond donors (Lipinski definition) is 0. The fourth-order valence-corrected chi connectivity index (χ4v) is 1.70. The summed E-state index contributed by atoms with van der Waals surface area (Å²) in [5.41, 5.74) is 0. The molecule has 0 radical (unpaired) electrons. The third-order valence-electron chi connectivity index (χ3n) is 2.65. The van der Waals surface area contributed by atoms with E-state index in [2.05, 4.69) is 16.9 Å². The van der Waals surface area contributed by atoms with Gasteiger partial charge in [0.05, 0.1) is 0 Å². The van der Waals surface area contributed by atoms with E-state index in [1.165, 1.54) is 12.8 Å². The number of hydrogen-bond acceptors (Lipinski definition) is 3. The van der Waals surface area contributed by atoms with Crippen molar-refractivity contribution in [3.8, 4) is 11.6 Å². The second-order valence-electron chi connectivity index (χ2n) is 4.18. The molecule has 18 heavy (non-hydrogen) atoms. The molecule has 1 heterocycles. The molecule has 0 atom stereocenters. The molecule has 2 rings (SSSR count). The first-order chi connectivity index (χ1) is 8.88. The van der Waals surface area contributed by atoms with Crippen LogP contribution < -0.4 is 4.74 Å². The molecule has 0 N–H and O–H groups in total. The molecule has 1 aromatic carbocycles. The third kappa shape index (κ3) is 3.84. The van der Waals surface area contributed by atoms with Gasteiger partial charge < -0.3 is 4.74 Å². The van der Waals surface area contributed by atoms with Gasteiger partial charge >= 0.3 is 0 Å². The summed E-state index contributed by atoms with van der Waals surface area (Å²) >= 11 is 0. The zero-order valence-electron chi connectivity index (χ0n) is 10.7. The lowest BCUT2D eigenvalue weighted by Crippen LogP contribution is -1.97. The quantitative estimate of drug-likeness (QED) is 0.718. The predicted molar refractivity (Wildman–Crippen MR) is 71.8 cm³/mol. The molecule has 0 aliphatic carbocycles. The second-order valence-corrected chi connectivity index (χ2v) is 4.18. The highest BCUT2D eigenvalue weighted by Crippen LogP contribution is 2.18. The van der Waals surface area contributed by atoms with Crippen LogP contribution in [0.4, 0.5) is 0 Å².